The molecule has 1 aliphatic carbocycles. The van der Waals surface area contributed by atoms with Gasteiger partial charge in [-0.15, -0.1) is 11.3 Å². The van der Waals surface area contributed by atoms with Gasteiger partial charge in [-0.25, -0.2) is 4.79 Å². The predicted octanol–water partition coefficient (Wildman–Crippen LogP) is 4.90. The molecular weight excluding hydrogens is 418 g/mol. The van der Waals surface area contributed by atoms with Gasteiger partial charge in [-0.3, -0.25) is 0 Å². The van der Waals surface area contributed by atoms with Crippen molar-refractivity contribution in [3.05, 3.63) is 94.2 Å². The number of carbonyl (C=O) groups excluding carboxylic acids is 1. The molecule has 3 aromatic rings. The number of fused-ring (bicyclic) bond motifs is 2. The molecular formula is C27H30NO3S+. The second-order valence-electron chi connectivity index (χ2n) is 9.44. The van der Waals surface area contributed by atoms with Crippen molar-refractivity contribution in [3.8, 4) is 0 Å². The zero-order chi connectivity index (χ0) is 22.3. The van der Waals surface area contributed by atoms with Crippen LogP contribution in [-0.4, -0.2) is 41.3 Å². The van der Waals surface area contributed by atoms with Crippen molar-refractivity contribution < 1.29 is 19.1 Å². The molecule has 5 heteroatoms. The van der Waals surface area contributed by atoms with E-state index in [4.69, 9.17) is 4.74 Å². The van der Waals surface area contributed by atoms with Gasteiger partial charge in [-0.2, -0.15) is 0 Å². The Balaban J connectivity index is 1.43. The van der Waals surface area contributed by atoms with E-state index in [0.717, 1.165) is 23.9 Å². The largest absolute Gasteiger partial charge is 0.453 e. The fourth-order valence-electron chi connectivity index (χ4n) is 5.92. The van der Waals surface area contributed by atoms with Gasteiger partial charge in [-0.05, 0) is 24.8 Å². The molecule has 1 saturated carbocycles. The first kappa shape index (κ1) is 21.4. The zero-order valence-electron chi connectivity index (χ0n) is 18.6. The monoisotopic (exact) mass is 448 g/mol. The molecule has 2 fully saturated rings. The van der Waals surface area contributed by atoms with Gasteiger partial charge in [0.25, 0.3) is 0 Å². The third kappa shape index (κ3) is 3.31. The molecule has 0 radical (unpaired) electrons. The first-order valence-electron chi connectivity index (χ1n) is 11.4. The minimum atomic E-state index is -1.79. The summed E-state index contributed by atoms with van der Waals surface area (Å²) in [5.41, 5.74) is 0.0750. The first-order chi connectivity index (χ1) is 15.4. The summed E-state index contributed by atoms with van der Waals surface area (Å²) >= 11 is 1.38. The first-order valence-corrected chi connectivity index (χ1v) is 12.3. The number of ether oxygens (including phenoxy) is 1. The number of aliphatic hydroxyl groups is 1. The molecule has 166 valence electrons. The highest BCUT2D eigenvalue weighted by atomic mass is 32.1. The highest BCUT2D eigenvalue weighted by Crippen LogP contribution is 2.49. The molecule has 1 saturated heterocycles. The van der Waals surface area contributed by atoms with Crippen LogP contribution < -0.4 is 0 Å². The van der Waals surface area contributed by atoms with Gasteiger partial charge < -0.3 is 14.3 Å². The van der Waals surface area contributed by atoms with Crippen molar-refractivity contribution in [3.63, 3.8) is 0 Å². The predicted molar refractivity (Wildman–Crippen MR) is 126 cm³/mol. The third-order valence-electron chi connectivity index (χ3n) is 7.84. The van der Waals surface area contributed by atoms with Crippen LogP contribution in [0.15, 0.2) is 78.2 Å². The standard InChI is InChI=1S/C27H30NO3S/c1-19(20-10-5-3-6-11-20)28(2)18-21-15-16-23(28)25(21)31-26(29)27(30,24-14-9-17-32-24)22-12-7-4-8-13-22/h3-14,17,19,21,23,25,30H,15-16,18H2,1-2H3/q+1/t19-,21?,23+,25?,27?,28?/m1/s1. The van der Waals surface area contributed by atoms with Crippen molar-refractivity contribution in [2.24, 2.45) is 5.92 Å². The van der Waals surface area contributed by atoms with Crippen LogP contribution in [-0.2, 0) is 15.1 Å². The number of rotatable bonds is 6. The average molecular weight is 449 g/mol. The van der Waals surface area contributed by atoms with Gasteiger partial charge in [0.1, 0.15) is 12.1 Å². The Labute approximate surface area is 193 Å². The van der Waals surface area contributed by atoms with Crippen molar-refractivity contribution >= 4 is 17.3 Å². The molecule has 5 rings (SSSR count). The van der Waals surface area contributed by atoms with E-state index in [9.17, 15) is 9.90 Å². The number of piperidine rings is 1. The van der Waals surface area contributed by atoms with Gasteiger partial charge in [-0.1, -0.05) is 66.7 Å². The van der Waals surface area contributed by atoms with Crippen molar-refractivity contribution in [1.82, 2.24) is 0 Å². The zero-order valence-corrected chi connectivity index (χ0v) is 19.4. The Kier molecular flexibility index (Phi) is 5.44. The lowest BCUT2D eigenvalue weighted by Crippen LogP contribution is -2.53. The Hall–Kier alpha value is -2.47. The number of likely N-dealkylation sites (tertiary alicyclic amines) is 1. The maximum atomic E-state index is 13.6. The molecule has 1 aliphatic heterocycles. The number of thiophene rings is 1. The Morgan fingerprint density at radius 1 is 1.06 bits per heavy atom. The summed E-state index contributed by atoms with van der Waals surface area (Å²) in [7, 11) is 2.30. The minimum absolute atomic E-state index is 0.172. The van der Waals surface area contributed by atoms with Crippen LogP contribution in [0, 0.1) is 5.92 Å². The Morgan fingerprint density at radius 3 is 2.41 bits per heavy atom. The topological polar surface area (TPSA) is 46.5 Å². The maximum absolute atomic E-state index is 13.6. The van der Waals surface area contributed by atoms with Crippen LogP contribution in [0.25, 0.3) is 0 Å². The second-order valence-corrected chi connectivity index (χ2v) is 10.4. The number of esters is 1. The maximum Gasteiger partial charge on any atom is 0.349 e. The molecule has 2 aromatic carbocycles. The number of hydrogen-bond acceptors (Lipinski definition) is 4. The summed E-state index contributed by atoms with van der Waals surface area (Å²) in [4.78, 5) is 14.2. The molecule has 2 aliphatic rings. The van der Waals surface area contributed by atoms with E-state index in [1.54, 1.807) is 18.2 Å². The normalized spacial score (nSPS) is 29.4. The van der Waals surface area contributed by atoms with E-state index in [-0.39, 0.29) is 12.1 Å². The van der Waals surface area contributed by atoms with Crippen molar-refractivity contribution in [2.75, 3.05) is 13.6 Å². The van der Waals surface area contributed by atoms with E-state index >= 15 is 0 Å². The smallest absolute Gasteiger partial charge is 0.349 e. The highest BCUT2D eigenvalue weighted by molar-refractivity contribution is 7.10. The van der Waals surface area contributed by atoms with Crippen LogP contribution in [0.4, 0.5) is 0 Å². The molecule has 1 N–H and O–H groups in total. The number of carbonyl (C=O) groups is 1. The van der Waals surface area contributed by atoms with Crippen molar-refractivity contribution in [1.29, 1.82) is 0 Å². The average Bonchev–Trinajstić information content (AvgIpc) is 3.56. The lowest BCUT2D eigenvalue weighted by atomic mass is 9.92. The van der Waals surface area contributed by atoms with E-state index in [1.807, 2.05) is 35.7 Å². The van der Waals surface area contributed by atoms with Gasteiger partial charge in [0.2, 0.25) is 5.60 Å². The van der Waals surface area contributed by atoms with E-state index in [0.29, 0.717) is 22.4 Å². The van der Waals surface area contributed by atoms with Crippen LogP contribution in [0.5, 0.6) is 0 Å². The molecule has 32 heavy (non-hydrogen) atoms. The summed E-state index contributed by atoms with van der Waals surface area (Å²) in [5.74, 6) is -0.239. The number of hydrogen-bond donors (Lipinski definition) is 1. The fourth-order valence-corrected chi connectivity index (χ4v) is 6.75. The second kappa shape index (κ2) is 8.14. The van der Waals surface area contributed by atoms with E-state index in [2.05, 4.69) is 38.2 Å². The quantitative estimate of drug-likeness (QED) is 0.431. The van der Waals surface area contributed by atoms with Crippen LogP contribution in [0.3, 0.4) is 0 Å². The molecule has 2 heterocycles. The molecule has 4 unspecified atom stereocenters. The lowest BCUT2D eigenvalue weighted by molar-refractivity contribution is -0.954. The minimum Gasteiger partial charge on any atom is -0.453 e. The molecule has 6 atom stereocenters. The molecule has 0 spiro atoms. The summed E-state index contributed by atoms with van der Waals surface area (Å²) < 4.78 is 7.10. The van der Waals surface area contributed by atoms with Crippen LogP contribution in [0.2, 0.25) is 0 Å². The Morgan fingerprint density at radius 2 is 1.75 bits per heavy atom. The van der Waals surface area contributed by atoms with Gasteiger partial charge in [0.15, 0.2) is 6.10 Å². The molecule has 1 aromatic heterocycles. The SMILES string of the molecule is C[C@H](c1ccccc1)[N+]1(C)CC2CC[C@H]1C2OC(=O)C(O)(c1ccccc1)c1cccs1. The van der Waals surface area contributed by atoms with Crippen LogP contribution in [0.1, 0.15) is 41.8 Å². The molecule has 0 amide bonds. The molecule has 2 bridgehead atoms. The number of benzene rings is 2. The number of quaternary nitrogens is 1. The number of likely N-dealkylation sites (N-methyl/N-ethyl adjacent to an activating group) is 1. The summed E-state index contributed by atoms with van der Waals surface area (Å²) in [6, 6.07) is 24.0. The fraction of sp³-hybridized carbons (Fsp3) is 0.370. The summed E-state index contributed by atoms with van der Waals surface area (Å²) in [6.07, 6.45) is 1.94. The van der Waals surface area contributed by atoms with Gasteiger partial charge in [0, 0.05) is 17.5 Å². The van der Waals surface area contributed by atoms with E-state index in [1.165, 1.54) is 16.9 Å². The third-order valence-corrected chi connectivity index (χ3v) is 8.82. The number of nitrogens with zero attached hydrogens (tertiary/aromatic N) is 1. The Bertz CT molecular complexity index is 1070. The summed E-state index contributed by atoms with van der Waals surface area (Å²) in [6.45, 7) is 3.27. The highest BCUT2D eigenvalue weighted by Gasteiger charge is 2.61. The molecule has 4 nitrogen and oxygen atoms in total. The summed E-state index contributed by atoms with van der Waals surface area (Å²) in [5, 5.41) is 13.6. The van der Waals surface area contributed by atoms with Gasteiger partial charge in [0.05, 0.1) is 24.4 Å². The van der Waals surface area contributed by atoms with Crippen molar-refractivity contribution in [2.45, 2.75) is 43.6 Å². The van der Waals surface area contributed by atoms with E-state index < -0.39 is 11.6 Å². The van der Waals surface area contributed by atoms with Crippen LogP contribution >= 0.6 is 11.3 Å². The lowest BCUT2D eigenvalue weighted by Gasteiger charge is -2.43. The van der Waals surface area contributed by atoms with Gasteiger partial charge >= 0.3 is 5.97 Å².